The summed E-state index contributed by atoms with van der Waals surface area (Å²) in [6.07, 6.45) is 0.829. The van der Waals surface area contributed by atoms with Crippen molar-refractivity contribution in [1.82, 2.24) is 0 Å². The molecule has 0 rings (SSSR count). The molecule has 6 heteroatoms. The van der Waals surface area contributed by atoms with Gasteiger partial charge in [0, 0.05) is 6.26 Å². The van der Waals surface area contributed by atoms with Gasteiger partial charge in [-0.15, -0.1) is 6.26 Å². The zero-order valence-electron chi connectivity index (χ0n) is 5.66. The summed E-state index contributed by atoms with van der Waals surface area (Å²) in [5.41, 5.74) is 0. The number of nitriles is 1. The summed E-state index contributed by atoms with van der Waals surface area (Å²) >= 11 is 0. The smallest absolute Gasteiger partial charge is 0.877 e. The fraction of sp³-hybridized carbons (Fsp3) is 0.250. The van der Waals surface area contributed by atoms with E-state index in [4.69, 9.17) is 5.26 Å². The van der Waals surface area contributed by atoms with E-state index in [1.807, 2.05) is 0 Å². The van der Waals surface area contributed by atoms with Crippen LogP contribution in [-0.4, -0.2) is 14.7 Å². The molecule has 0 aliphatic carbocycles. The Morgan fingerprint density at radius 2 is 2.10 bits per heavy atom. The van der Waals surface area contributed by atoms with E-state index in [2.05, 4.69) is 0 Å². The van der Waals surface area contributed by atoms with E-state index in [-0.39, 0.29) is 35.8 Å². The molecule has 0 aromatic heterocycles. The first-order valence-corrected chi connectivity index (χ1v) is 3.84. The molecule has 0 aliphatic rings. The largest absolute Gasteiger partial charge is 1.00 e. The molecule has 0 N–H and O–H groups in total. The van der Waals surface area contributed by atoms with Crippen LogP contribution in [0.15, 0.2) is 11.2 Å². The number of allylic oxidation sites excluding steroid dienone is 1. The summed E-state index contributed by atoms with van der Waals surface area (Å²) in [7, 11) is -3.58. The second-order valence-corrected chi connectivity index (χ2v) is 3.35. The van der Waals surface area contributed by atoms with Crippen LogP contribution in [0.2, 0.25) is 0 Å². The topological polar surface area (TPSA) is 81.0 Å². The van der Waals surface area contributed by atoms with Gasteiger partial charge in [-0.3, -0.25) is 0 Å². The van der Waals surface area contributed by atoms with Gasteiger partial charge in [-0.1, -0.05) is 0 Å². The van der Waals surface area contributed by atoms with E-state index in [1.54, 1.807) is 0 Å². The van der Waals surface area contributed by atoms with Crippen molar-refractivity contribution in [2.45, 2.75) is 0 Å². The predicted molar refractivity (Wildman–Crippen MR) is 28.5 cm³/mol. The van der Waals surface area contributed by atoms with Crippen molar-refractivity contribution in [3.05, 3.63) is 11.2 Å². The molecule has 0 aromatic carbocycles. The van der Waals surface area contributed by atoms with Crippen LogP contribution in [0, 0.1) is 11.3 Å². The zero-order chi connectivity index (χ0) is 7.49. The average Bonchev–Trinajstić information content (AvgIpc) is 1.65. The molecule has 0 bridgehead atoms. The maximum atomic E-state index is 10.3. The Hall–Kier alpha value is -0.0200. The van der Waals surface area contributed by atoms with Gasteiger partial charge < -0.3 is 5.11 Å². The first kappa shape index (κ1) is 12.6. The van der Waals surface area contributed by atoms with Gasteiger partial charge in [0.15, 0.2) is 9.84 Å². The SMILES string of the molecule is CS(=O)(=O)/C(C#N)=C/[O-].[Na+]. The van der Waals surface area contributed by atoms with Gasteiger partial charge in [-0.05, 0) is 0 Å². The summed E-state index contributed by atoms with van der Waals surface area (Å²) in [5.74, 6) is 0. The summed E-state index contributed by atoms with van der Waals surface area (Å²) in [5, 5.41) is 17.7. The van der Waals surface area contributed by atoms with Gasteiger partial charge in [0.1, 0.15) is 11.0 Å². The third kappa shape index (κ3) is 3.90. The van der Waals surface area contributed by atoms with Crippen LogP contribution in [0.3, 0.4) is 0 Å². The van der Waals surface area contributed by atoms with Crippen molar-refractivity contribution >= 4 is 9.84 Å². The minimum Gasteiger partial charge on any atom is -0.877 e. The fourth-order valence-electron chi connectivity index (χ4n) is 0.197. The van der Waals surface area contributed by atoms with Crippen molar-refractivity contribution < 1.29 is 43.1 Å². The van der Waals surface area contributed by atoms with Gasteiger partial charge in [0.05, 0.1) is 0 Å². The Morgan fingerprint density at radius 1 is 1.70 bits per heavy atom. The molecule has 50 valence electrons. The predicted octanol–water partition coefficient (Wildman–Crippen LogP) is -4.24. The molecule has 0 saturated carbocycles. The quantitative estimate of drug-likeness (QED) is 0.226. The molecular formula is C4H4NNaO3S. The molecule has 0 saturated heterocycles. The molecule has 0 spiro atoms. The average molecular weight is 169 g/mol. The number of hydrogen-bond donors (Lipinski definition) is 0. The molecule has 0 unspecified atom stereocenters. The molecule has 0 radical (unpaired) electrons. The van der Waals surface area contributed by atoms with E-state index >= 15 is 0 Å². The Labute approximate surface area is 81.4 Å². The Kier molecular flexibility index (Phi) is 5.99. The molecule has 10 heavy (non-hydrogen) atoms. The number of sulfone groups is 1. The third-order valence-corrected chi connectivity index (χ3v) is 1.60. The molecule has 4 nitrogen and oxygen atoms in total. The molecule has 0 heterocycles. The first-order valence-electron chi connectivity index (χ1n) is 1.94. The number of hydrogen-bond acceptors (Lipinski definition) is 4. The van der Waals surface area contributed by atoms with Crippen molar-refractivity contribution in [3.8, 4) is 6.07 Å². The maximum Gasteiger partial charge on any atom is 1.00 e. The van der Waals surface area contributed by atoms with Crippen LogP contribution in [0.4, 0.5) is 0 Å². The van der Waals surface area contributed by atoms with E-state index in [0.717, 1.165) is 6.26 Å². The van der Waals surface area contributed by atoms with E-state index < -0.39 is 14.7 Å². The van der Waals surface area contributed by atoms with Gasteiger partial charge in [0.2, 0.25) is 0 Å². The van der Waals surface area contributed by atoms with E-state index in [1.165, 1.54) is 6.07 Å². The fourth-order valence-corrected chi connectivity index (χ4v) is 0.537. The minimum absolute atomic E-state index is 0. The van der Waals surface area contributed by atoms with Gasteiger partial charge in [-0.2, -0.15) is 5.26 Å². The molecule has 0 fully saturated rings. The number of rotatable bonds is 1. The van der Waals surface area contributed by atoms with Crippen LogP contribution in [-0.2, 0) is 9.84 Å². The Balaban J connectivity index is 0. The van der Waals surface area contributed by atoms with Gasteiger partial charge in [0.25, 0.3) is 0 Å². The van der Waals surface area contributed by atoms with Crippen LogP contribution in [0.25, 0.3) is 0 Å². The summed E-state index contributed by atoms with van der Waals surface area (Å²) in [4.78, 5) is -0.734. The second-order valence-electron chi connectivity index (χ2n) is 1.37. The zero-order valence-corrected chi connectivity index (χ0v) is 8.47. The van der Waals surface area contributed by atoms with Crippen molar-refractivity contribution in [3.63, 3.8) is 0 Å². The van der Waals surface area contributed by atoms with E-state index in [9.17, 15) is 13.5 Å². The number of nitrogens with zero attached hydrogens (tertiary/aromatic N) is 1. The van der Waals surface area contributed by atoms with Gasteiger partial charge in [-0.25, -0.2) is 8.42 Å². The van der Waals surface area contributed by atoms with Crippen LogP contribution in [0.5, 0.6) is 0 Å². The summed E-state index contributed by atoms with van der Waals surface area (Å²) in [6.45, 7) is 0. The molecular weight excluding hydrogens is 165 g/mol. The monoisotopic (exact) mass is 169 g/mol. The third-order valence-electron chi connectivity index (χ3n) is 0.617. The summed E-state index contributed by atoms with van der Waals surface area (Å²) in [6, 6.07) is 1.25. The molecule has 0 aliphatic heterocycles. The normalized spacial score (nSPS) is 11.4. The molecule has 0 amide bonds. The minimum atomic E-state index is -3.58. The van der Waals surface area contributed by atoms with Crippen molar-refractivity contribution in [1.29, 1.82) is 5.26 Å². The van der Waals surface area contributed by atoms with Crippen LogP contribution >= 0.6 is 0 Å². The summed E-state index contributed by atoms with van der Waals surface area (Å²) < 4.78 is 20.6. The Bertz CT molecular complexity index is 261. The van der Waals surface area contributed by atoms with E-state index in [0.29, 0.717) is 0 Å². The van der Waals surface area contributed by atoms with Crippen molar-refractivity contribution in [2.24, 2.45) is 0 Å². The van der Waals surface area contributed by atoms with Gasteiger partial charge >= 0.3 is 29.6 Å². The Morgan fingerprint density at radius 3 is 2.10 bits per heavy atom. The standard InChI is InChI=1S/C4H5NO3S.Na/c1-9(7,8)4(2-5)3-6;/h3,6H,1H3;/q;+1/p-1/b4-3+;. The van der Waals surface area contributed by atoms with Crippen LogP contribution < -0.4 is 34.7 Å². The second kappa shape index (κ2) is 4.74. The van der Waals surface area contributed by atoms with Crippen molar-refractivity contribution in [2.75, 3.05) is 6.26 Å². The van der Waals surface area contributed by atoms with Crippen LogP contribution in [0.1, 0.15) is 0 Å². The molecule has 0 aromatic rings. The first-order chi connectivity index (χ1) is 4.02. The maximum absolute atomic E-state index is 10.3. The molecule has 0 atom stereocenters.